The highest BCUT2D eigenvalue weighted by Crippen LogP contribution is 2.19. The Hall–Kier alpha value is -1.24. The molecule has 0 unspecified atom stereocenters. The summed E-state index contributed by atoms with van der Waals surface area (Å²) in [5.74, 6) is 0.339. The largest absolute Gasteiger partial charge is 0.508 e. The Bertz CT molecular complexity index is 402. The lowest BCUT2D eigenvalue weighted by molar-refractivity contribution is 0.475. The highest BCUT2D eigenvalue weighted by molar-refractivity contribution is 5.63. The predicted molar refractivity (Wildman–Crippen MR) is 98.2 cm³/mol. The Balaban J connectivity index is 2.00. The lowest BCUT2D eigenvalue weighted by Gasteiger charge is -2.03. The van der Waals surface area contributed by atoms with Crippen molar-refractivity contribution in [1.82, 2.24) is 0 Å². The van der Waals surface area contributed by atoms with Crippen LogP contribution in [0.3, 0.4) is 0 Å². The van der Waals surface area contributed by atoms with Gasteiger partial charge >= 0.3 is 0 Å². The summed E-state index contributed by atoms with van der Waals surface area (Å²) in [4.78, 5) is 0. The van der Waals surface area contributed by atoms with Gasteiger partial charge in [0.15, 0.2) is 0 Å². The number of hydrogen-bond donors (Lipinski definition) is 1. The molecule has 0 atom stereocenters. The highest BCUT2D eigenvalue weighted by atomic mass is 16.3. The number of benzene rings is 1. The average Bonchev–Trinajstić information content (AvgIpc) is 2.53. The molecule has 0 saturated heterocycles. The van der Waals surface area contributed by atoms with Crippen LogP contribution in [0.5, 0.6) is 5.75 Å². The van der Waals surface area contributed by atoms with Crippen LogP contribution in [-0.2, 0) is 0 Å². The van der Waals surface area contributed by atoms with Gasteiger partial charge in [-0.2, -0.15) is 0 Å². The molecule has 0 bridgehead atoms. The SMILES string of the molecule is CCCCCCCCCCCCC=C(C)c1ccc(O)cc1. The molecule has 1 heteroatoms. The Kier molecular flexibility index (Phi) is 10.5. The zero-order valence-corrected chi connectivity index (χ0v) is 14.6. The van der Waals surface area contributed by atoms with Gasteiger partial charge in [-0.3, -0.25) is 0 Å². The van der Waals surface area contributed by atoms with Crippen molar-refractivity contribution in [3.8, 4) is 5.75 Å². The monoisotopic (exact) mass is 302 g/mol. The molecule has 0 heterocycles. The van der Waals surface area contributed by atoms with Crippen LogP contribution < -0.4 is 0 Å². The first-order chi connectivity index (χ1) is 10.7. The fourth-order valence-corrected chi connectivity index (χ4v) is 2.79. The summed E-state index contributed by atoms with van der Waals surface area (Å²) < 4.78 is 0. The van der Waals surface area contributed by atoms with Crippen molar-refractivity contribution in [3.63, 3.8) is 0 Å². The molecule has 0 spiro atoms. The van der Waals surface area contributed by atoms with E-state index in [1.54, 1.807) is 12.1 Å². The van der Waals surface area contributed by atoms with E-state index in [-0.39, 0.29) is 0 Å². The van der Waals surface area contributed by atoms with Crippen LogP contribution in [0.4, 0.5) is 0 Å². The van der Waals surface area contributed by atoms with Gasteiger partial charge in [0, 0.05) is 0 Å². The van der Waals surface area contributed by atoms with Crippen LogP contribution in [0.2, 0.25) is 0 Å². The van der Waals surface area contributed by atoms with Crippen molar-refractivity contribution in [2.75, 3.05) is 0 Å². The molecule has 0 radical (unpaired) electrons. The van der Waals surface area contributed by atoms with Crippen LogP contribution in [0, 0.1) is 0 Å². The number of rotatable bonds is 12. The summed E-state index contributed by atoms with van der Waals surface area (Å²) >= 11 is 0. The smallest absolute Gasteiger partial charge is 0.115 e. The zero-order chi connectivity index (χ0) is 16.0. The summed E-state index contributed by atoms with van der Waals surface area (Å²) in [6, 6.07) is 7.49. The maximum Gasteiger partial charge on any atom is 0.115 e. The van der Waals surface area contributed by atoms with Crippen molar-refractivity contribution >= 4 is 5.57 Å². The first-order valence-corrected chi connectivity index (χ1v) is 9.20. The van der Waals surface area contributed by atoms with Crippen LogP contribution in [0.25, 0.3) is 5.57 Å². The minimum absolute atomic E-state index is 0.339. The van der Waals surface area contributed by atoms with Crippen LogP contribution in [0.15, 0.2) is 30.3 Å². The number of phenols is 1. The average molecular weight is 303 g/mol. The van der Waals surface area contributed by atoms with Gasteiger partial charge < -0.3 is 5.11 Å². The number of phenolic OH excluding ortho intramolecular Hbond substituents is 1. The Morgan fingerprint density at radius 3 is 1.86 bits per heavy atom. The molecule has 0 aliphatic carbocycles. The first kappa shape index (κ1) is 18.8. The second-order valence-corrected chi connectivity index (χ2v) is 6.40. The molecular weight excluding hydrogens is 268 g/mol. The normalized spacial score (nSPS) is 11.8. The van der Waals surface area contributed by atoms with Crippen molar-refractivity contribution in [2.45, 2.75) is 84.5 Å². The summed E-state index contributed by atoms with van der Waals surface area (Å²) in [5.41, 5.74) is 2.53. The summed E-state index contributed by atoms with van der Waals surface area (Å²) in [6.45, 7) is 4.43. The molecule has 22 heavy (non-hydrogen) atoms. The zero-order valence-electron chi connectivity index (χ0n) is 14.6. The van der Waals surface area contributed by atoms with Gasteiger partial charge in [-0.05, 0) is 43.0 Å². The molecular formula is C21H34O. The molecule has 1 rings (SSSR count). The van der Waals surface area contributed by atoms with Gasteiger partial charge in [0.2, 0.25) is 0 Å². The summed E-state index contributed by atoms with van der Waals surface area (Å²) in [6.07, 6.45) is 17.4. The van der Waals surface area contributed by atoms with Gasteiger partial charge in [-0.15, -0.1) is 0 Å². The van der Waals surface area contributed by atoms with E-state index in [0.29, 0.717) is 5.75 Å². The minimum atomic E-state index is 0.339. The van der Waals surface area contributed by atoms with E-state index in [1.807, 2.05) is 12.1 Å². The molecule has 0 aliphatic rings. The molecule has 1 aromatic carbocycles. The van der Waals surface area contributed by atoms with Crippen LogP contribution in [-0.4, -0.2) is 5.11 Å². The lowest BCUT2D eigenvalue weighted by atomic mass is 10.0. The standard InChI is InChI=1S/C21H34O/c1-3-4-5-6-7-8-9-10-11-12-13-14-19(2)20-15-17-21(22)18-16-20/h14-18,22H,3-13H2,1-2H3. The third kappa shape index (κ3) is 8.92. The van der Waals surface area contributed by atoms with E-state index in [9.17, 15) is 5.11 Å². The predicted octanol–water partition coefficient (Wildman–Crippen LogP) is 7.11. The van der Waals surface area contributed by atoms with E-state index >= 15 is 0 Å². The Labute approximate surface area is 137 Å². The maximum absolute atomic E-state index is 9.30. The first-order valence-electron chi connectivity index (χ1n) is 9.20. The fourth-order valence-electron chi connectivity index (χ4n) is 2.79. The quantitative estimate of drug-likeness (QED) is 0.408. The van der Waals surface area contributed by atoms with Crippen molar-refractivity contribution in [2.24, 2.45) is 0 Å². The van der Waals surface area contributed by atoms with Crippen molar-refractivity contribution in [3.05, 3.63) is 35.9 Å². The molecule has 0 amide bonds. The molecule has 1 nitrogen and oxygen atoms in total. The topological polar surface area (TPSA) is 20.2 Å². The van der Waals surface area contributed by atoms with Gasteiger partial charge in [0.1, 0.15) is 5.75 Å². The van der Waals surface area contributed by atoms with E-state index in [0.717, 1.165) is 0 Å². The van der Waals surface area contributed by atoms with Crippen LogP contribution in [0.1, 0.15) is 90.0 Å². The molecule has 0 aliphatic heterocycles. The fraction of sp³-hybridized carbons (Fsp3) is 0.619. The molecule has 0 fully saturated rings. The number of allylic oxidation sites excluding steroid dienone is 2. The third-order valence-electron chi connectivity index (χ3n) is 4.33. The Morgan fingerprint density at radius 2 is 1.32 bits per heavy atom. The highest BCUT2D eigenvalue weighted by Gasteiger charge is 1.96. The van der Waals surface area contributed by atoms with E-state index < -0.39 is 0 Å². The minimum Gasteiger partial charge on any atom is -0.508 e. The Morgan fingerprint density at radius 1 is 0.818 bits per heavy atom. The molecule has 1 aromatic rings. The lowest BCUT2D eigenvalue weighted by Crippen LogP contribution is -1.82. The van der Waals surface area contributed by atoms with Crippen molar-refractivity contribution in [1.29, 1.82) is 0 Å². The number of aromatic hydroxyl groups is 1. The summed E-state index contributed by atoms with van der Waals surface area (Å²) in [7, 11) is 0. The molecule has 0 saturated carbocycles. The van der Waals surface area contributed by atoms with Gasteiger partial charge in [0.05, 0.1) is 0 Å². The van der Waals surface area contributed by atoms with Crippen molar-refractivity contribution < 1.29 is 5.11 Å². The third-order valence-corrected chi connectivity index (χ3v) is 4.33. The number of hydrogen-bond acceptors (Lipinski definition) is 1. The van der Waals surface area contributed by atoms with E-state index in [1.165, 1.54) is 81.8 Å². The molecule has 124 valence electrons. The molecule has 0 aromatic heterocycles. The van der Waals surface area contributed by atoms with Gasteiger partial charge in [-0.1, -0.05) is 82.9 Å². The van der Waals surface area contributed by atoms with Gasteiger partial charge in [0.25, 0.3) is 0 Å². The molecule has 1 N–H and O–H groups in total. The van der Waals surface area contributed by atoms with E-state index in [4.69, 9.17) is 0 Å². The second kappa shape index (κ2) is 12.3. The maximum atomic E-state index is 9.30. The van der Waals surface area contributed by atoms with E-state index in [2.05, 4.69) is 19.9 Å². The van der Waals surface area contributed by atoms with Crippen LogP contribution >= 0.6 is 0 Å². The van der Waals surface area contributed by atoms with Gasteiger partial charge in [-0.25, -0.2) is 0 Å². The number of unbranched alkanes of at least 4 members (excludes halogenated alkanes) is 10. The summed E-state index contributed by atoms with van der Waals surface area (Å²) in [5, 5.41) is 9.30. The second-order valence-electron chi connectivity index (χ2n) is 6.40.